The largest absolute Gasteiger partial charge is 0.355 e. The van der Waals surface area contributed by atoms with E-state index in [0.29, 0.717) is 42.7 Å². The molecule has 146 valence electrons. The molecule has 0 bridgehead atoms. The zero-order valence-corrected chi connectivity index (χ0v) is 15.6. The van der Waals surface area contributed by atoms with Crippen molar-refractivity contribution in [2.45, 2.75) is 12.8 Å². The standard InChI is InChI=1S/C21H22FN3O3/c1-23-20(27)17-4-2-3-5-18(17)24-19(26)14-10-12-25(13-11-14)21(28)15-6-8-16(22)9-7-15/h2-9,14H,10-13H2,1H3,(H,23,27)(H,24,26). The van der Waals surface area contributed by atoms with Gasteiger partial charge < -0.3 is 15.5 Å². The number of para-hydroxylation sites is 1. The Hall–Kier alpha value is -3.22. The first-order chi connectivity index (χ1) is 13.5. The number of anilines is 1. The third-order valence-corrected chi connectivity index (χ3v) is 4.90. The van der Waals surface area contributed by atoms with Crippen LogP contribution in [0.1, 0.15) is 33.6 Å². The summed E-state index contributed by atoms with van der Waals surface area (Å²) < 4.78 is 13.0. The molecular formula is C21H22FN3O3. The first kappa shape index (κ1) is 19.5. The van der Waals surface area contributed by atoms with Crippen molar-refractivity contribution in [3.05, 3.63) is 65.5 Å². The van der Waals surface area contributed by atoms with Gasteiger partial charge in [0.05, 0.1) is 11.3 Å². The number of nitrogens with one attached hydrogen (secondary N) is 2. The minimum atomic E-state index is -0.385. The Morgan fingerprint density at radius 1 is 1.00 bits per heavy atom. The predicted octanol–water partition coefficient (Wildman–Crippen LogP) is 2.68. The van der Waals surface area contributed by atoms with Crippen LogP contribution < -0.4 is 10.6 Å². The summed E-state index contributed by atoms with van der Waals surface area (Å²) >= 11 is 0. The Labute approximate surface area is 162 Å². The summed E-state index contributed by atoms with van der Waals surface area (Å²) in [5.74, 6) is -1.22. The SMILES string of the molecule is CNC(=O)c1ccccc1NC(=O)C1CCN(C(=O)c2ccc(F)cc2)CC1. The van der Waals surface area contributed by atoms with Gasteiger partial charge in [-0.2, -0.15) is 0 Å². The highest BCUT2D eigenvalue weighted by atomic mass is 19.1. The van der Waals surface area contributed by atoms with Crippen molar-refractivity contribution in [2.75, 3.05) is 25.5 Å². The second-order valence-corrected chi connectivity index (χ2v) is 6.69. The van der Waals surface area contributed by atoms with Gasteiger partial charge in [0.2, 0.25) is 5.91 Å². The van der Waals surface area contributed by atoms with Crippen molar-refractivity contribution >= 4 is 23.4 Å². The Balaban J connectivity index is 1.59. The number of likely N-dealkylation sites (tertiary alicyclic amines) is 1. The number of benzene rings is 2. The summed E-state index contributed by atoms with van der Waals surface area (Å²) in [6.07, 6.45) is 1.06. The Morgan fingerprint density at radius 2 is 1.64 bits per heavy atom. The van der Waals surface area contributed by atoms with E-state index in [1.54, 1.807) is 29.2 Å². The molecule has 0 spiro atoms. The molecule has 3 amide bonds. The molecule has 0 aromatic heterocycles. The molecule has 28 heavy (non-hydrogen) atoms. The Bertz CT molecular complexity index is 875. The van der Waals surface area contributed by atoms with Gasteiger partial charge in [-0.3, -0.25) is 14.4 Å². The fourth-order valence-corrected chi connectivity index (χ4v) is 3.28. The van der Waals surface area contributed by atoms with Crippen LogP contribution in [-0.2, 0) is 4.79 Å². The molecule has 7 heteroatoms. The molecule has 1 aliphatic heterocycles. The number of hydrogen-bond acceptors (Lipinski definition) is 3. The zero-order valence-electron chi connectivity index (χ0n) is 15.6. The summed E-state index contributed by atoms with van der Waals surface area (Å²) in [4.78, 5) is 38.7. The Kier molecular flexibility index (Phi) is 6.03. The molecule has 0 radical (unpaired) electrons. The van der Waals surface area contributed by atoms with Crippen LogP contribution in [-0.4, -0.2) is 42.8 Å². The van der Waals surface area contributed by atoms with Gasteiger partial charge in [0.1, 0.15) is 5.82 Å². The van der Waals surface area contributed by atoms with Gasteiger partial charge in [-0.25, -0.2) is 4.39 Å². The van der Waals surface area contributed by atoms with Gasteiger partial charge in [0.25, 0.3) is 11.8 Å². The number of amides is 3. The van der Waals surface area contributed by atoms with Crippen molar-refractivity contribution in [1.29, 1.82) is 0 Å². The van der Waals surface area contributed by atoms with E-state index in [-0.39, 0.29) is 29.5 Å². The molecule has 0 saturated carbocycles. The third-order valence-electron chi connectivity index (χ3n) is 4.90. The number of hydrogen-bond donors (Lipinski definition) is 2. The fourth-order valence-electron chi connectivity index (χ4n) is 3.28. The van der Waals surface area contributed by atoms with Crippen LogP contribution in [0, 0.1) is 11.7 Å². The van der Waals surface area contributed by atoms with E-state index in [2.05, 4.69) is 10.6 Å². The van der Waals surface area contributed by atoms with E-state index < -0.39 is 0 Å². The van der Waals surface area contributed by atoms with Crippen LogP contribution in [0.25, 0.3) is 0 Å². The molecule has 1 fully saturated rings. The van der Waals surface area contributed by atoms with Crippen LogP contribution in [0.4, 0.5) is 10.1 Å². The van der Waals surface area contributed by atoms with Gasteiger partial charge in [-0.15, -0.1) is 0 Å². The quantitative estimate of drug-likeness (QED) is 0.852. The average molecular weight is 383 g/mol. The van der Waals surface area contributed by atoms with Gasteiger partial charge >= 0.3 is 0 Å². The molecular weight excluding hydrogens is 361 g/mol. The minimum absolute atomic E-state index is 0.162. The molecule has 2 N–H and O–H groups in total. The van der Waals surface area contributed by atoms with Gasteiger partial charge in [0.15, 0.2) is 0 Å². The lowest BCUT2D eigenvalue weighted by molar-refractivity contribution is -0.121. The van der Waals surface area contributed by atoms with Crippen molar-refractivity contribution < 1.29 is 18.8 Å². The summed E-state index contributed by atoms with van der Waals surface area (Å²) in [5.41, 5.74) is 1.31. The van der Waals surface area contributed by atoms with Crippen LogP contribution in [0.2, 0.25) is 0 Å². The monoisotopic (exact) mass is 383 g/mol. The normalized spacial score (nSPS) is 14.4. The number of nitrogens with zero attached hydrogens (tertiary/aromatic N) is 1. The van der Waals surface area contributed by atoms with Crippen molar-refractivity contribution in [3.63, 3.8) is 0 Å². The lowest BCUT2D eigenvalue weighted by Crippen LogP contribution is -2.41. The van der Waals surface area contributed by atoms with Crippen molar-refractivity contribution in [3.8, 4) is 0 Å². The number of carbonyl (C=O) groups excluding carboxylic acids is 3. The predicted molar refractivity (Wildman–Crippen MR) is 103 cm³/mol. The molecule has 0 atom stereocenters. The van der Waals surface area contributed by atoms with Crippen LogP contribution >= 0.6 is 0 Å². The van der Waals surface area contributed by atoms with E-state index in [9.17, 15) is 18.8 Å². The van der Waals surface area contributed by atoms with E-state index in [1.807, 2.05) is 0 Å². The van der Waals surface area contributed by atoms with Gasteiger partial charge in [0, 0.05) is 31.6 Å². The number of rotatable bonds is 4. The van der Waals surface area contributed by atoms with Gasteiger partial charge in [-0.1, -0.05) is 12.1 Å². The smallest absolute Gasteiger partial charge is 0.253 e. The minimum Gasteiger partial charge on any atom is -0.355 e. The Morgan fingerprint density at radius 3 is 2.29 bits per heavy atom. The molecule has 0 unspecified atom stereocenters. The summed E-state index contributed by atoms with van der Waals surface area (Å²) in [6.45, 7) is 0.900. The highest BCUT2D eigenvalue weighted by molar-refractivity contribution is 6.04. The lowest BCUT2D eigenvalue weighted by atomic mass is 9.95. The lowest BCUT2D eigenvalue weighted by Gasteiger charge is -2.31. The topological polar surface area (TPSA) is 78.5 Å². The second kappa shape index (κ2) is 8.65. The molecule has 0 aliphatic carbocycles. The second-order valence-electron chi connectivity index (χ2n) is 6.69. The molecule has 2 aromatic rings. The average Bonchev–Trinajstić information content (AvgIpc) is 2.73. The first-order valence-electron chi connectivity index (χ1n) is 9.16. The van der Waals surface area contributed by atoms with Gasteiger partial charge in [-0.05, 0) is 49.2 Å². The highest BCUT2D eigenvalue weighted by Crippen LogP contribution is 2.22. The van der Waals surface area contributed by atoms with Crippen molar-refractivity contribution in [1.82, 2.24) is 10.2 Å². The third kappa shape index (κ3) is 4.36. The summed E-state index contributed by atoms with van der Waals surface area (Å²) in [6, 6.07) is 12.3. The van der Waals surface area contributed by atoms with Crippen LogP contribution in [0.3, 0.4) is 0 Å². The molecule has 1 saturated heterocycles. The van der Waals surface area contributed by atoms with E-state index in [4.69, 9.17) is 0 Å². The first-order valence-corrected chi connectivity index (χ1v) is 9.16. The fraction of sp³-hybridized carbons (Fsp3) is 0.286. The molecule has 1 heterocycles. The van der Waals surface area contributed by atoms with E-state index >= 15 is 0 Å². The molecule has 6 nitrogen and oxygen atoms in total. The summed E-state index contributed by atoms with van der Waals surface area (Å²) in [5, 5.41) is 5.39. The highest BCUT2D eigenvalue weighted by Gasteiger charge is 2.28. The number of piperidine rings is 1. The molecule has 3 rings (SSSR count). The van der Waals surface area contributed by atoms with Crippen LogP contribution in [0.15, 0.2) is 48.5 Å². The van der Waals surface area contributed by atoms with E-state index in [0.717, 1.165) is 0 Å². The maximum absolute atomic E-state index is 13.0. The maximum atomic E-state index is 13.0. The number of carbonyl (C=O) groups is 3. The molecule has 2 aromatic carbocycles. The maximum Gasteiger partial charge on any atom is 0.253 e. The van der Waals surface area contributed by atoms with Crippen molar-refractivity contribution in [2.24, 2.45) is 5.92 Å². The van der Waals surface area contributed by atoms with Crippen LogP contribution in [0.5, 0.6) is 0 Å². The van der Waals surface area contributed by atoms with E-state index in [1.165, 1.54) is 31.3 Å². The molecule has 1 aliphatic rings. The summed E-state index contributed by atoms with van der Waals surface area (Å²) in [7, 11) is 1.54. The zero-order chi connectivity index (χ0) is 20.1. The number of halogens is 1.